The van der Waals surface area contributed by atoms with Gasteiger partial charge < -0.3 is 0 Å². The van der Waals surface area contributed by atoms with Crippen LogP contribution in [0, 0.1) is 12.7 Å². The van der Waals surface area contributed by atoms with Gasteiger partial charge in [-0.2, -0.15) is 0 Å². The molecule has 3 nitrogen and oxygen atoms in total. The summed E-state index contributed by atoms with van der Waals surface area (Å²) in [5.74, 6) is -0.286. The minimum Gasteiger partial charge on any atom is -0.296 e. The summed E-state index contributed by atoms with van der Waals surface area (Å²) in [6.07, 6.45) is 0. The predicted octanol–water partition coefficient (Wildman–Crippen LogP) is 4.18. The first-order valence-corrected chi connectivity index (χ1v) is 7.07. The lowest BCUT2D eigenvalue weighted by atomic mass is 10.0. The van der Waals surface area contributed by atoms with Crippen LogP contribution >= 0.6 is 0 Å². The first-order valence-electron chi connectivity index (χ1n) is 7.07. The molecule has 0 fully saturated rings. The van der Waals surface area contributed by atoms with E-state index in [4.69, 9.17) is 0 Å². The van der Waals surface area contributed by atoms with E-state index in [-0.39, 0.29) is 11.8 Å². The second kappa shape index (κ2) is 5.30. The van der Waals surface area contributed by atoms with Gasteiger partial charge >= 0.3 is 6.03 Å². The molecule has 1 aliphatic heterocycles. The van der Waals surface area contributed by atoms with Crippen LogP contribution in [0.25, 0.3) is 5.70 Å². The van der Waals surface area contributed by atoms with Gasteiger partial charge in [0.25, 0.3) is 0 Å². The summed E-state index contributed by atoms with van der Waals surface area (Å²) in [7, 11) is 1.75. The van der Waals surface area contributed by atoms with E-state index in [0.717, 1.165) is 22.4 Å². The van der Waals surface area contributed by atoms with Crippen LogP contribution in [-0.4, -0.2) is 18.0 Å². The standard InChI is InChI=1S/C18H17FN2O/c1-12-4-9-17-16(10-12)13(2)21(18(22)20(17)3)11-14-5-7-15(19)8-6-14/h4-10H,2,11H2,1,3H3. The number of nitrogens with zero attached hydrogens (tertiary/aromatic N) is 2. The Bertz CT molecular complexity index is 752. The molecular formula is C18H17FN2O. The Morgan fingerprint density at radius 3 is 2.50 bits per heavy atom. The van der Waals surface area contributed by atoms with Gasteiger partial charge in [-0.3, -0.25) is 9.80 Å². The highest BCUT2D eigenvalue weighted by molar-refractivity contribution is 6.03. The Morgan fingerprint density at radius 2 is 1.82 bits per heavy atom. The summed E-state index contributed by atoms with van der Waals surface area (Å²) in [6, 6.07) is 12.0. The minimum atomic E-state index is -0.286. The molecule has 0 saturated heterocycles. The number of urea groups is 1. The number of fused-ring (bicyclic) bond motifs is 1. The van der Waals surface area contributed by atoms with Crippen molar-refractivity contribution in [3.05, 3.63) is 71.6 Å². The maximum atomic E-state index is 13.0. The molecule has 2 aromatic carbocycles. The third-order valence-corrected chi connectivity index (χ3v) is 3.92. The molecule has 1 aliphatic rings. The molecule has 0 radical (unpaired) electrons. The zero-order valence-electron chi connectivity index (χ0n) is 12.6. The number of hydrogen-bond donors (Lipinski definition) is 0. The zero-order chi connectivity index (χ0) is 15.9. The van der Waals surface area contributed by atoms with Crippen molar-refractivity contribution in [1.29, 1.82) is 0 Å². The molecule has 0 atom stereocenters. The number of benzene rings is 2. The highest BCUT2D eigenvalue weighted by Gasteiger charge is 2.30. The minimum absolute atomic E-state index is 0.134. The topological polar surface area (TPSA) is 23.6 Å². The third kappa shape index (κ3) is 2.37. The Morgan fingerprint density at radius 1 is 1.14 bits per heavy atom. The van der Waals surface area contributed by atoms with E-state index in [1.807, 2.05) is 25.1 Å². The van der Waals surface area contributed by atoms with Crippen molar-refractivity contribution >= 4 is 17.4 Å². The van der Waals surface area contributed by atoms with Gasteiger partial charge in [0.15, 0.2) is 0 Å². The van der Waals surface area contributed by atoms with Gasteiger partial charge in [-0.1, -0.05) is 30.3 Å². The van der Waals surface area contributed by atoms with E-state index < -0.39 is 0 Å². The second-order valence-electron chi connectivity index (χ2n) is 5.52. The zero-order valence-corrected chi connectivity index (χ0v) is 12.6. The number of aryl methyl sites for hydroxylation is 1. The van der Waals surface area contributed by atoms with E-state index in [9.17, 15) is 9.18 Å². The fourth-order valence-corrected chi connectivity index (χ4v) is 2.65. The SMILES string of the molecule is C=C1c2cc(C)ccc2N(C)C(=O)N1Cc1ccc(F)cc1. The molecule has 112 valence electrons. The molecule has 3 rings (SSSR count). The number of halogens is 1. The van der Waals surface area contributed by atoms with Gasteiger partial charge in [0, 0.05) is 18.3 Å². The van der Waals surface area contributed by atoms with Gasteiger partial charge in [-0.25, -0.2) is 9.18 Å². The van der Waals surface area contributed by atoms with E-state index in [0.29, 0.717) is 12.2 Å². The molecular weight excluding hydrogens is 279 g/mol. The summed E-state index contributed by atoms with van der Waals surface area (Å²) in [5.41, 5.74) is 4.45. The molecule has 0 bridgehead atoms. The highest BCUT2D eigenvalue weighted by Crippen LogP contribution is 2.35. The average Bonchev–Trinajstić information content (AvgIpc) is 2.51. The van der Waals surface area contributed by atoms with Gasteiger partial charge in [-0.15, -0.1) is 0 Å². The van der Waals surface area contributed by atoms with Crippen molar-refractivity contribution in [2.24, 2.45) is 0 Å². The van der Waals surface area contributed by atoms with Crippen LogP contribution in [-0.2, 0) is 6.54 Å². The molecule has 2 amide bonds. The number of hydrogen-bond acceptors (Lipinski definition) is 1. The maximum absolute atomic E-state index is 13.0. The van der Waals surface area contributed by atoms with Gasteiger partial charge in [0.1, 0.15) is 5.82 Å². The van der Waals surface area contributed by atoms with Crippen LogP contribution in [0.3, 0.4) is 0 Å². The number of amides is 2. The largest absolute Gasteiger partial charge is 0.329 e. The summed E-state index contributed by atoms with van der Waals surface area (Å²) in [6.45, 7) is 6.46. The Kier molecular flexibility index (Phi) is 3.45. The quantitative estimate of drug-likeness (QED) is 0.815. The lowest BCUT2D eigenvalue weighted by Crippen LogP contribution is -2.43. The second-order valence-corrected chi connectivity index (χ2v) is 5.52. The highest BCUT2D eigenvalue weighted by atomic mass is 19.1. The molecule has 0 unspecified atom stereocenters. The number of rotatable bonds is 2. The summed E-state index contributed by atoms with van der Waals surface area (Å²) in [4.78, 5) is 15.8. The fourth-order valence-electron chi connectivity index (χ4n) is 2.65. The Labute approximate surface area is 129 Å². The molecule has 4 heteroatoms. The van der Waals surface area contributed by atoms with Crippen molar-refractivity contribution in [3.63, 3.8) is 0 Å². The fraction of sp³-hybridized carbons (Fsp3) is 0.167. The lowest BCUT2D eigenvalue weighted by molar-refractivity contribution is 0.223. The molecule has 22 heavy (non-hydrogen) atoms. The Balaban J connectivity index is 1.97. The Hall–Kier alpha value is -2.62. The number of carbonyl (C=O) groups is 1. The average molecular weight is 296 g/mol. The summed E-state index contributed by atoms with van der Waals surface area (Å²) in [5, 5.41) is 0. The van der Waals surface area contributed by atoms with Crippen molar-refractivity contribution in [1.82, 2.24) is 4.90 Å². The van der Waals surface area contributed by atoms with E-state index >= 15 is 0 Å². The monoisotopic (exact) mass is 296 g/mol. The lowest BCUT2D eigenvalue weighted by Gasteiger charge is -2.36. The summed E-state index contributed by atoms with van der Waals surface area (Å²) >= 11 is 0. The molecule has 0 N–H and O–H groups in total. The smallest absolute Gasteiger partial charge is 0.296 e. The van der Waals surface area contributed by atoms with Crippen LogP contribution in [0.2, 0.25) is 0 Å². The number of carbonyl (C=O) groups excluding carboxylic acids is 1. The third-order valence-electron chi connectivity index (χ3n) is 3.92. The van der Waals surface area contributed by atoms with Crippen LogP contribution in [0.5, 0.6) is 0 Å². The van der Waals surface area contributed by atoms with Gasteiger partial charge in [0.05, 0.1) is 12.2 Å². The van der Waals surface area contributed by atoms with Crippen molar-refractivity contribution in [2.75, 3.05) is 11.9 Å². The molecule has 0 aliphatic carbocycles. The predicted molar refractivity (Wildman–Crippen MR) is 86.0 cm³/mol. The van der Waals surface area contributed by atoms with Gasteiger partial charge in [-0.05, 0) is 36.8 Å². The molecule has 1 heterocycles. The number of anilines is 1. The van der Waals surface area contributed by atoms with Crippen molar-refractivity contribution in [3.8, 4) is 0 Å². The molecule has 2 aromatic rings. The summed E-state index contributed by atoms with van der Waals surface area (Å²) < 4.78 is 13.0. The molecule has 0 saturated carbocycles. The van der Waals surface area contributed by atoms with Crippen LogP contribution in [0.15, 0.2) is 49.0 Å². The van der Waals surface area contributed by atoms with E-state index in [2.05, 4.69) is 6.58 Å². The van der Waals surface area contributed by atoms with E-state index in [1.165, 1.54) is 12.1 Å². The first kappa shape index (κ1) is 14.3. The van der Waals surface area contributed by atoms with Gasteiger partial charge in [0.2, 0.25) is 0 Å². The van der Waals surface area contributed by atoms with Crippen LogP contribution in [0.4, 0.5) is 14.9 Å². The van der Waals surface area contributed by atoms with Crippen molar-refractivity contribution < 1.29 is 9.18 Å². The van der Waals surface area contributed by atoms with Crippen molar-refractivity contribution in [2.45, 2.75) is 13.5 Å². The normalized spacial score (nSPS) is 14.3. The maximum Gasteiger partial charge on any atom is 0.329 e. The molecule has 0 aromatic heterocycles. The molecule has 0 spiro atoms. The van der Waals surface area contributed by atoms with Crippen LogP contribution < -0.4 is 4.90 Å². The van der Waals surface area contributed by atoms with Crippen LogP contribution in [0.1, 0.15) is 16.7 Å². The first-order chi connectivity index (χ1) is 10.5. The van der Waals surface area contributed by atoms with E-state index in [1.54, 1.807) is 29.0 Å².